The summed E-state index contributed by atoms with van der Waals surface area (Å²) in [5, 5.41) is 0. The number of rotatable bonds is 17. The largest absolute Gasteiger partial charge is 0.0997 e. The summed E-state index contributed by atoms with van der Waals surface area (Å²) < 4.78 is 0. The molecular weight excluding hydrogens is 436 g/mol. The van der Waals surface area contributed by atoms with Crippen LogP contribution in [0.4, 0.5) is 0 Å². The zero-order valence-electron chi connectivity index (χ0n) is 22.9. The van der Waals surface area contributed by atoms with Gasteiger partial charge in [0.05, 0.1) is 0 Å². The van der Waals surface area contributed by atoms with Crippen LogP contribution in [0, 0.1) is 0 Å². The molecule has 0 aromatic heterocycles. The maximum absolute atomic E-state index is 2.50. The Balaban J connectivity index is 4.40. The van der Waals surface area contributed by atoms with Crippen molar-refractivity contribution in [3.05, 3.63) is 0 Å². The molecule has 0 rings (SSSR count). The van der Waals surface area contributed by atoms with E-state index in [4.69, 9.17) is 0 Å². The van der Waals surface area contributed by atoms with Crippen LogP contribution in [-0.2, 0) is 0 Å². The Labute approximate surface area is 198 Å². The Kier molecular flexibility index (Phi) is 18.2. The van der Waals surface area contributed by atoms with Gasteiger partial charge in [0.2, 0.25) is 0 Å². The fraction of sp³-hybridized carbons (Fsp3) is 1.00. The maximum Gasteiger partial charge on any atom is -0.0114 e. The van der Waals surface area contributed by atoms with E-state index in [1.165, 1.54) is 38.0 Å². The van der Waals surface area contributed by atoms with Gasteiger partial charge in [0.25, 0.3) is 0 Å². The predicted molar refractivity (Wildman–Crippen MR) is 156 cm³/mol. The summed E-state index contributed by atoms with van der Waals surface area (Å²) in [6, 6.07) is 0. The van der Waals surface area contributed by atoms with Gasteiger partial charge in [0.15, 0.2) is 0 Å². The van der Waals surface area contributed by atoms with Gasteiger partial charge in [-0.3, -0.25) is 0 Å². The molecule has 182 valence electrons. The molecule has 4 heteroatoms. The van der Waals surface area contributed by atoms with E-state index in [-0.39, 0.29) is 31.7 Å². The van der Waals surface area contributed by atoms with Crippen molar-refractivity contribution >= 4 is 31.7 Å². The molecule has 0 saturated heterocycles. The van der Waals surface area contributed by atoms with Crippen molar-refractivity contribution < 1.29 is 0 Å². The Morgan fingerprint density at radius 2 is 0.633 bits per heavy atom. The Morgan fingerprint density at radius 3 is 0.833 bits per heavy atom. The summed E-state index contributed by atoms with van der Waals surface area (Å²) in [5.41, 5.74) is 5.45. The van der Waals surface area contributed by atoms with Crippen LogP contribution < -0.4 is 0 Å². The van der Waals surface area contributed by atoms with E-state index in [1.54, 1.807) is 11.8 Å². The lowest BCUT2D eigenvalue weighted by Gasteiger charge is -2.33. The first-order valence-corrected chi connectivity index (χ1v) is 19.8. The Morgan fingerprint density at radius 1 is 0.367 bits per heavy atom. The molecule has 0 aromatic carbocycles. The molecule has 0 bridgehead atoms. The molecule has 0 nitrogen and oxygen atoms in total. The van der Waals surface area contributed by atoms with E-state index in [0.717, 1.165) is 34.0 Å². The first kappa shape index (κ1) is 31.7. The molecule has 0 radical (unpaired) electrons. The molecule has 0 fully saturated rings. The summed E-state index contributed by atoms with van der Waals surface area (Å²) in [5.74, 6) is 3.15. The molecule has 0 heterocycles. The molecule has 0 saturated carbocycles. The number of unbranched alkanes of at least 4 members (excludes halogenated alkanes) is 3. The zero-order valence-corrected chi connectivity index (χ0v) is 26.5. The van der Waals surface area contributed by atoms with E-state index in [9.17, 15) is 0 Å². The normalized spacial score (nSPS) is 15.2. The SMILES string of the molecule is CC(C)P(CCCCCCP(CP(C(C)C)C(C)C)C(C)C)CP(C(C)C)C(C)C. The molecule has 2 unspecified atom stereocenters. The highest BCUT2D eigenvalue weighted by molar-refractivity contribution is 7.76. The fourth-order valence-electron chi connectivity index (χ4n) is 4.23. The highest BCUT2D eigenvalue weighted by Crippen LogP contribution is 2.59. The lowest BCUT2D eigenvalue weighted by atomic mass is 10.2. The van der Waals surface area contributed by atoms with Crippen LogP contribution in [0.15, 0.2) is 0 Å². The molecule has 0 aromatic rings. The van der Waals surface area contributed by atoms with Gasteiger partial charge in [-0.05, 0) is 70.9 Å². The summed E-state index contributed by atoms with van der Waals surface area (Å²) >= 11 is 0. The van der Waals surface area contributed by atoms with Crippen molar-refractivity contribution in [2.45, 2.75) is 143 Å². The summed E-state index contributed by atoms with van der Waals surface area (Å²) in [6.07, 6.45) is 9.03. The maximum atomic E-state index is 2.50. The molecule has 0 amide bonds. The second-order valence-electron chi connectivity index (χ2n) is 10.9. The third-order valence-electron chi connectivity index (χ3n) is 6.44. The summed E-state index contributed by atoms with van der Waals surface area (Å²) in [4.78, 5) is 0. The minimum atomic E-state index is 0.220. The van der Waals surface area contributed by atoms with E-state index >= 15 is 0 Å². The van der Waals surface area contributed by atoms with Crippen molar-refractivity contribution in [3.63, 3.8) is 0 Å². The minimum absolute atomic E-state index is 0.220. The highest BCUT2D eigenvalue weighted by atomic mass is 31.2. The lowest BCUT2D eigenvalue weighted by Crippen LogP contribution is -2.10. The quantitative estimate of drug-likeness (QED) is 0.139. The number of hydrogen-bond acceptors (Lipinski definition) is 0. The van der Waals surface area contributed by atoms with Crippen LogP contribution in [0.5, 0.6) is 0 Å². The van der Waals surface area contributed by atoms with Crippen molar-refractivity contribution in [1.29, 1.82) is 0 Å². The Hall–Kier alpha value is 1.72. The fourth-order valence-corrected chi connectivity index (χ4v) is 21.2. The van der Waals surface area contributed by atoms with E-state index in [0.29, 0.717) is 0 Å². The van der Waals surface area contributed by atoms with Gasteiger partial charge in [0.1, 0.15) is 0 Å². The third kappa shape index (κ3) is 13.4. The average Bonchev–Trinajstić information content (AvgIpc) is 2.60. The summed E-state index contributed by atoms with van der Waals surface area (Å²) in [7, 11) is 0.922. The first-order chi connectivity index (χ1) is 13.9. The molecular formula is C26H58P4. The van der Waals surface area contributed by atoms with Crippen molar-refractivity contribution in [2.24, 2.45) is 0 Å². The molecule has 0 N–H and O–H groups in total. The summed E-state index contributed by atoms with van der Waals surface area (Å²) in [6.45, 7) is 29.7. The highest BCUT2D eigenvalue weighted by Gasteiger charge is 2.24. The first-order valence-electron chi connectivity index (χ1n) is 12.9. The Bertz CT molecular complexity index is 350. The monoisotopic (exact) mass is 494 g/mol. The van der Waals surface area contributed by atoms with Crippen LogP contribution in [0.3, 0.4) is 0 Å². The number of hydrogen-bond donors (Lipinski definition) is 0. The van der Waals surface area contributed by atoms with Gasteiger partial charge < -0.3 is 0 Å². The van der Waals surface area contributed by atoms with Crippen LogP contribution in [0.1, 0.15) is 109 Å². The smallest absolute Gasteiger partial charge is 0.0114 e. The molecule has 0 aliphatic rings. The third-order valence-corrected chi connectivity index (χ3v) is 22.0. The standard InChI is InChI=1S/C26H58P4/c1-21(2)27(19-29(23(5)6)24(7)8)17-15-13-14-16-18-28(22(3)4)20-30(25(9)10)26(11)12/h21-26H,13-20H2,1-12H3. The van der Waals surface area contributed by atoms with Gasteiger partial charge in [0, 0.05) is 0 Å². The second-order valence-corrected chi connectivity index (χ2v) is 24.7. The van der Waals surface area contributed by atoms with Gasteiger partial charge in [-0.1, -0.05) is 128 Å². The topological polar surface area (TPSA) is 0 Å². The molecule has 30 heavy (non-hydrogen) atoms. The zero-order chi connectivity index (χ0) is 23.4. The van der Waals surface area contributed by atoms with E-state index in [1.807, 2.05) is 0 Å². The lowest BCUT2D eigenvalue weighted by molar-refractivity contribution is 0.705. The van der Waals surface area contributed by atoms with Crippen molar-refractivity contribution in [3.8, 4) is 0 Å². The molecule has 0 aliphatic carbocycles. The van der Waals surface area contributed by atoms with Crippen LogP contribution >= 0.6 is 31.7 Å². The van der Waals surface area contributed by atoms with Crippen LogP contribution in [0.2, 0.25) is 0 Å². The molecule has 0 aliphatic heterocycles. The average molecular weight is 495 g/mol. The van der Waals surface area contributed by atoms with E-state index < -0.39 is 0 Å². The van der Waals surface area contributed by atoms with Gasteiger partial charge >= 0.3 is 0 Å². The second kappa shape index (κ2) is 17.2. The van der Waals surface area contributed by atoms with Crippen LogP contribution in [-0.4, -0.2) is 58.1 Å². The van der Waals surface area contributed by atoms with Crippen LogP contribution in [0.25, 0.3) is 0 Å². The van der Waals surface area contributed by atoms with E-state index in [2.05, 4.69) is 83.1 Å². The van der Waals surface area contributed by atoms with Gasteiger partial charge in [-0.2, -0.15) is 0 Å². The molecule has 0 spiro atoms. The van der Waals surface area contributed by atoms with Crippen molar-refractivity contribution in [1.82, 2.24) is 0 Å². The van der Waals surface area contributed by atoms with Crippen molar-refractivity contribution in [2.75, 3.05) is 24.1 Å². The van der Waals surface area contributed by atoms with Gasteiger partial charge in [-0.25, -0.2) is 0 Å². The van der Waals surface area contributed by atoms with Gasteiger partial charge in [-0.15, -0.1) is 0 Å². The minimum Gasteiger partial charge on any atom is -0.0997 e. The predicted octanol–water partition coefficient (Wildman–Crippen LogP) is 10.8. The molecule has 2 atom stereocenters.